The zero-order valence-electron chi connectivity index (χ0n) is 35.5. The number of urea groups is 1. The number of nitrogens with one attached hydrogen (secondary N) is 5. The third-order valence-corrected chi connectivity index (χ3v) is 16.2. The quantitative estimate of drug-likeness (QED) is 0.0388. The van der Waals surface area contributed by atoms with E-state index in [1.165, 1.54) is 0 Å². The molecule has 5 rings (SSSR count). The molecule has 59 heavy (non-hydrogen) atoms. The number of hydrogen-bond donors (Lipinski definition) is 7. The van der Waals surface area contributed by atoms with Gasteiger partial charge in [-0.15, -0.1) is 23.1 Å². The van der Waals surface area contributed by atoms with Gasteiger partial charge in [0.25, 0.3) is 5.91 Å². The fourth-order valence-corrected chi connectivity index (χ4v) is 12.2. The maximum atomic E-state index is 14.1. The first-order valence-corrected chi connectivity index (χ1v) is 24.8. The number of amides is 5. The van der Waals surface area contributed by atoms with Crippen molar-refractivity contribution in [2.24, 2.45) is 23.7 Å². The largest absolute Gasteiger partial charge is 0.390 e. The molecule has 0 spiro atoms. The molecule has 0 bridgehead atoms. The number of aliphatic hydroxyl groups excluding tert-OH is 2. The molecule has 3 fully saturated rings. The van der Waals surface area contributed by atoms with Gasteiger partial charge in [-0.05, 0) is 61.8 Å². The number of benzene rings is 1. The van der Waals surface area contributed by atoms with Crippen LogP contribution in [0.25, 0.3) is 0 Å². The number of rotatable bonds is 23. The fourth-order valence-electron chi connectivity index (χ4n) is 8.77. The molecule has 15 heteroatoms. The molecule has 1 aromatic carbocycles. The first-order valence-electron chi connectivity index (χ1n) is 21.9. The maximum Gasteiger partial charge on any atom is 0.315 e. The number of carbonyl (C=O) groups excluding carboxylic acids is 4. The SMILES string of the molecule is CC[C@H](C)[C@H](NC(=O)[C@H](C(C)C)[C@@H](O)[C@H](O)[C@H](CC1CCCCC1)NC(=O)c1ccccc1SCCCCC[C@@H]1SC[C@@H]2NC(=O)N[C@@H]21)C(=O)NCCc1scnc1C. The minimum absolute atomic E-state index is 0.0551. The topological polar surface area (TPSA) is 182 Å². The summed E-state index contributed by atoms with van der Waals surface area (Å²) in [5, 5.41) is 39.5. The molecule has 12 nitrogen and oxygen atoms in total. The molecule has 2 aromatic rings. The van der Waals surface area contributed by atoms with Crippen LogP contribution in [0.3, 0.4) is 0 Å². The van der Waals surface area contributed by atoms with Crippen LogP contribution in [0.15, 0.2) is 34.7 Å². The van der Waals surface area contributed by atoms with E-state index in [1.807, 2.05) is 64.6 Å². The summed E-state index contributed by atoms with van der Waals surface area (Å²) in [7, 11) is 0. The predicted octanol–water partition coefficient (Wildman–Crippen LogP) is 6.22. The summed E-state index contributed by atoms with van der Waals surface area (Å²) in [6.45, 7) is 9.89. The van der Waals surface area contributed by atoms with E-state index in [4.69, 9.17) is 0 Å². The standard InChI is InChI=1S/C44H68N6O6S3/c1-6-27(4)37(43(55)45-21-20-33-28(5)46-25-59-33)49-42(54)36(26(2)3)40(52)39(51)31(23-29-15-9-7-10-16-29)47-41(53)30-17-12-13-18-34(30)57-22-14-8-11-19-35-38-32(24-58-35)48-44(56)50-38/h12-13,17-18,25-27,29,31-32,35-40,51-52H,6-11,14-16,19-24H2,1-5H3,(H,45,55)(H,47,53)(H,49,54)(H2,48,50,56)/t27-,31-,32-,35-,36+,37-,38-,39+,40+/m0/s1. The van der Waals surface area contributed by atoms with Crippen molar-refractivity contribution in [2.75, 3.05) is 18.1 Å². The molecule has 328 valence electrons. The number of aromatic nitrogens is 1. The lowest BCUT2D eigenvalue weighted by atomic mass is 9.79. The van der Waals surface area contributed by atoms with Crippen molar-refractivity contribution in [3.8, 4) is 0 Å². The highest BCUT2D eigenvalue weighted by Gasteiger charge is 2.43. The van der Waals surface area contributed by atoms with E-state index in [-0.39, 0.29) is 47.7 Å². The van der Waals surface area contributed by atoms with Gasteiger partial charge >= 0.3 is 6.03 Å². The van der Waals surface area contributed by atoms with Crippen molar-refractivity contribution in [1.82, 2.24) is 31.6 Å². The third kappa shape index (κ3) is 13.3. The van der Waals surface area contributed by atoms with Crippen LogP contribution < -0.4 is 26.6 Å². The number of thiazole rings is 1. The summed E-state index contributed by atoms with van der Waals surface area (Å²) in [5.41, 5.74) is 3.26. The molecular weight excluding hydrogens is 805 g/mol. The van der Waals surface area contributed by atoms with Gasteiger partial charge in [0.1, 0.15) is 12.1 Å². The summed E-state index contributed by atoms with van der Waals surface area (Å²) < 4.78 is 0. The highest BCUT2D eigenvalue weighted by molar-refractivity contribution is 8.00. The van der Waals surface area contributed by atoms with Crippen LogP contribution in [0, 0.1) is 30.6 Å². The lowest BCUT2D eigenvalue weighted by molar-refractivity contribution is -0.140. The Labute approximate surface area is 363 Å². The van der Waals surface area contributed by atoms with Crippen molar-refractivity contribution in [3.63, 3.8) is 0 Å². The minimum atomic E-state index is -1.49. The van der Waals surface area contributed by atoms with Gasteiger partial charge in [0, 0.05) is 33.7 Å². The van der Waals surface area contributed by atoms with E-state index in [9.17, 15) is 29.4 Å². The van der Waals surface area contributed by atoms with Gasteiger partial charge in [0.2, 0.25) is 11.8 Å². The number of fused-ring (bicyclic) bond motifs is 1. The second-order valence-corrected chi connectivity index (χ2v) is 20.5. The van der Waals surface area contributed by atoms with Crippen LogP contribution in [0.2, 0.25) is 0 Å². The lowest BCUT2D eigenvalue weighted by Gasteiger charge is -2.36. The Balaban J connectivity index is 1.20. The molecule has 2 aliphatic heterocycles. The molecule has 7 N–H and O–H groups in total. The Bertz CT molecular complexity index is 1670. The smallest absolute Gasteiger partial charge is 0.315 e. The molecule has 2 saturated heterocycles. The van der Waals surface area contributed by atoms with Crippen LogP contribution in [0.1, 0.15) is 119 Å². The van der Waals surface area contributed by atoms with E-state index in [0.29, 0.717) is 36.6 Å². The summed E-state index contributed by atoms with van der Waals surface area (Å²) >= 11 is 5.13. The van der Waals surface area contributed by atoms with Gasteiger partial charge in [-0.3, -0.25) is 14.4 Å². The van der Waals surface area contributed by atoms with E-state index in [2.05, 4.69) is 31.6 Å². The van der Waals surface area contributed by atoms with Crippen molar-refractivity contribution in [3.05, 3.63) is 45.9 Å². The number of hydrogen-bond acceptors (Lipinski definition) is 10. The zero-order valence-corrected chi connectivity index (χ0v) is 38.0. The number of nitrogens with zero attached hydrogens (tertiary/aromatic N) is 1. The summed E-state index contributed by atoms with van der Waals surface area (Å²) in [5.74, 6) is -0.578. The first kappa shape index (κ1) is 47.2. The Morgan fingerprint density at radius 2 is 1.75 bits per heavy atom. The first-order chi connectivity index (χ1) is 28.4. The number of unbranched alkanes of at least 4 members (excludes halogenated alkanes) is 2. The number of aliphatic hydroxyl groups is 2. The van der Waals surface area contributed by atoms with E-state index in [0.717, 1.165) is 84.8 Å². The number of aryl methyl sites for hydroxylation is 1. The van der Waals surface area contributed by atoms with Gasteiger partial charge in [-0.2, -0.15) is 11.8 Å². The summed E-state index contributed by atoms with van der Waals surface area (Å²) in [6.07, 6.45) is 8.37. The predicted molar refractivity (Wildman–Crippen MR) is 239 cm³/mol. The summed E-state index contributed by atoms with van der Waals surface area (Å²) in [4.78, 5) is 59.7. The average molecular weight is 873 g/mol. The number of thioether (sulfide) groups is 2. The summed E-state index contributed by atoms with van der Waals surface area (Å²) in [6, 6.07) is 6.32. The molecule has 1 aliphatic carbocycles. The van der Waals surface area contributed by atoms with Gasteiger partial charge < -0.3 is 36.8 Å². The molecule has 0 unspecified atom stereocenters. The lowest BCUT2D eigenvalue weighted by Crippen LogP contribution is -2.57. The molecule has 1 aromatic heterocycles. The molecule has 5 amide bonds. The minimum Gasteiger partial charge on any atom is -0.390 e. The number of carbonyl (C=O) groups is 4. The monoisotopic (exact) mass is 872 g/mol. The van der Waals surface area contributed by atoms with Crippen LogP contribution >= 0.6 is 34.9 Å². The van der Waals surface area contributed by atoms with Crippen LogP contribution in [-0.4, -0.2) is 98.6 Å². The Morgan fingerprint density at radius 1 is 0.983 bits per heavy atom. The molecule has 3 heterocycles. The zero-order chi connectivity index (χ0) is 42.5. The molecule has 0 radical (unpaired) electrons. The Hall–Kier alpha value is -2.85. The second kappa shape index (κ2) is 23.4. The van der Waals surface area contributed by atoms with E-state index in [1.54, 1.807) is 34.7 Å². The van der Waals surface area contributed by atoms with Gasteiger partial charge in [-0.1, -0.05) is 91.2 Å². The highest BCUT2D eigenvalue weighted by atomic mass is 32.2. The molecule has 9 atom stereocenters. The van der Waals surface area contributed by atoms with Gasteiger partial charge in [0.15, 0.2) is 0 Å². The third-order valence-electron chi connectivity index (χ3n) is 12.5. The van der Waals surface area contributed by atoms with Gasteiger partial charge in [-0.25, -0.2) is 9.78 Å². The molecule has 3 aliphatic rings. The Kier molecular flexibility index (Phi) is 18.7. The highest BCUT2D eigenvalue weighted by Crippen LogP contribution is 2.34. The van der Waals surface area contributed by atoms with E-state index >= 15 is 0 Å². The van der Waals surface area contributed by atoms with Gasteiger partial charge in [0.05, 0.1) is 46.9 Å². The van der Waals surface area contributed by atoms with Crippen LogP contribution in [0.5, 0.6) is 0 Å². The maximum absolute atomic E-state index is 14.1. The molecular formula is C44H68N6O6S3. The normalized spacial score (nSPS) is 22.4. The van der Waals surface area contributed by atoms with Crippen molar-refractivity contribution < 1.29 is 29.4 Å². The Morgan fingerprint density at radius 3 is 2.46 bits per heavy atom. The van der Waals surface area contributed by atoms with Crippen LogP contribution in [0.4, 0.5) is 4.79 Å². The van der Waals surface area contributed by atoms with E-state index < -0.39 is 36.1 Å². The second-order valence-electron chi connectivity index (χ2n) is 17.2. The van der Waals surface area contributed by atoms with Crippen molar-refractivity contribution in [2.45, 2.75) is 158 Å². The van der Waals surface area contributed by atoms with Crippen molar-refractivity contribution in [1.29, 1.82) is 0 Å². The van der Waals surface area contributed by atoms with Crippen molar-refractivity contribution >= 4 is 58.6 Å². The average Bonchev–Trinajstić information content (AvgIpc) is 3.92. The van der Waals surface area contributed by atoms with Crippen LogP contribution in [-0.2, 0) is 16.0 Å². The molecule has 1 saturated carbocycles. The fraction of sp³-hybridized carbons (Fsp3) is 0.705.